The maximum absolute atomic E-state index is 13.3. The van der Waals surface area contributed by atoms with Gasteiger partial charge in [-0.05, 0) is 55.7 Å². The third kappa shape index (κ3) is 4.03. The van der Waals surface area contributed by atoms with Crippen LogP contribution in [0.5, 0.6) is 0 Å². The molecule has 2 aliphatic heterocycles. The molecular weight excluding hydrogens is 440 g/mol. The number of ketones is 1. The van der Waals surface area contributed by atoms with Crippen LogP contribution in [-0.4, -0.2) is 46.4 Å². The Bertz CT molecular complexity index is 1220. The second-order valence-electron chi connectivity index (χ2n) is 8.55. The van der Waals surface area contributed by atoms with Gasteiger partial charge in [0.15, 0.2) is 5.78 Å². The molecule has 0 spiro atoms. The van der Waals surface area contributed by atoms with Gasteiger partial charge in [0, 0.05) is 29.9 Å². The number of ether oxygens (including phenoxy) is 1. The molecule has 4 heterocycles. The highest BCUT2D eigenvalue weighted by atomic mass is 35.5. The number of aromatic nitrogens is 3. The molecule has 2 aliphatic rings. The van der Waals surface area contributed by atoms with Crippen LogP contribution in [0.2, 0.25) is 5.02 Å². The van der Waals surface area contributed by atoms with E-state index in [1.165, 1.54) is 0 Å². The van der Waals surface area contributed by atoms with Crippen molar-refractivity contribution < 1.29 is 14.3 Å². The number of anilines is 1. The van der Waals surface area contributed by atoms with Crippen LogP contribution in [0.1, 0.15) is 39.7 Å². The molecule has 1 aromatic carbocycles. The zero-order valence-electron chi connectivity index (χ0n) is 18.3. The maximum Gasteiger partial charge on any atom is 0.296 e. The van der Waals surface area contributed by atoms with E-state index in [1.807, 2.05) is 31.2 Å². The van der Waals surface area contributed by atoms with Gasteiger partial charge < -0.3 is 9.64 Å². The van der Waals surface area contributed by atoms with Crippen LogP contribution in [-0.2, 0) is 27.8 Å². The highest BCUT2D eigenvalue weighted by Crippen LogP contribution is 2.36. The second-order valence-corrected chi connectivity index (χ2v) is 8.98. The lowest BCUT2D eigenvalue weighted by Crippen LogP contribution is -2.54. The van der Waals surface area contributed by atoms with Gasteiger partial charge in [0.05, 0.1) is 30.3 Å². The van der Waals surface area contributed by atoms with Gasteiger partial charge in [-0.1, -0.05) is 23.7 Å². The van der Waals surface area contributed by atoms with Crippen LogP contribution >= 0.6 is 11.6 Å². The Morgan fingerprint density at radius 2 is 1.88 bits per heavy atom. The van der Waals surface area contributed by atoms with Crippen molar-refractivity contribution in [1.29, 1.82) is 0 Å². The Morgan fingerprint density at radius 1 is 1.09 bits per heavy atom. The van der Waals surface area contributed by atoms with E-state index in [9.17, 15) is 9.59 Å². The number of benzene rings is 1. The topological polar surface area (TPSA) is 85.3 Å². The van der Waals surface area contributed by atoms with Gasteiger partial charge in [-0.3, -0.25) is 14.6 Å². The SMILES string of the molecule is Cc1ccnc(C(=O)N2CCCc3nc(C4(C(=O)Cc5ccc(Cl)cc5)COC4)ccc32)n1. The Morgan fingerprint density at radius 3 is 2.58 bits per heavy atom. The normalized spacial score (nSPS) is 16.6. The van der Waals surface area contributed by atoms with Gasteiger partial charge in [-0.25, -0.2) is 9.97 Å². The molecule has 2 aromatic heterocycles. The average molecular weight is 463 g/mol. The number of nitrogens with zero attached hydrogens (tertiary/aromatic N) is 4. The molecule has 1 amide bonds. The van der Waals surface area contributed by atoms with E-state index in [-0.39, 0.29) is 23.9 Å². The van der Waals surface area contributed by atoms with Crippen LogP contribution < -0.4 is 4.90 Å². The largest absolute Gasteiger partial charge is 0.378 e. The molecule has 3 aromatic rings. The minimum atomic E-state index is -0.763. The summed E-state index contributed by atoms with van der Waals surface area (Å²) >= 11 is 5.97. The fourth-order valence-electron chi connectivity index (χ4n) is 4.31. The third-order valence-corrected chi connectivity index (χ3v) is 6.52. The number of amides is 1. The van der Waals surface area contributed by atoms with Crippen LogP contribution in [0.4, 0.5) is 5.69 Å². The lowest BCUT2D eigenvalue weighted by molar-refractivity contribution is -0.142. The number of hydrogen-bond acceptors (Lipinski definition) is 6. The minimum absolute atomic E-state index is 0.0698. The number of carbonyl (C=O) groups excluding carboxylic acids is 2. The van der Waals surface area contributed by atoms with Crippen molar-refractivity contribution in [3.8, 4) is 0 Å². The molecule has 0 radical (unpaired) electrons. The van der Waals surface area contributed by atoms with Crippen LogP contribution in [0.3, 0.4) is 0 Å². The number of hydrogen-bond donors (Lipinski definition) is 0. The number of pyridine rings is 1. The van der Waals surface area contributed by atoms with Gasteiger partial charge >= 0.3 is 0 Å². The highest BCUT2D eigenvalue weighted by Gasteiger charge is 2.48. The van der Waals surface area contributed by atoms with E-state index in [4.69, 9.17) is 21.3 Å². The first-order valence-electron chi connectivity index (χ1n) is 10.9. The zero-order valence-corrected chi connectivity index (χ0v) is 19.0. The number of carbonyl (C=O) groups is 2. The molecule has 0 atom stereocenters. The van der Waals surface area contributed by atoms with Crippen molar-refractivity contribution in [3.05, 3.63) is 82.2 Å². The second kappa shape index (κ2) is 8.65. The van der Waals surface area contributed by atoms with Crippen molar-refractivity contribution in [2.75, 3.05) is 24.7 Å². The molecule has 168 valence electrons. The van der Waals surface area contributed by atoms with Crippen molar-refractivity contribution in [2.45, 2.75) is 31.6 Å². The predicted octanol–water partition coefficient (Wildman–Crippen LogP) is 3.51. The van der Waals surface area contributed by atoms with Gasteiger partial charge in [-0.2, -0.15) is 0 Å². The number of fused-ring (bicyclic) bond motifs is 1. The Hall–Kier alpha value is -3.16. The zero-order chi connectivity index (χ0) is 23.0. The first-order valence-corrected chi connectivity index (χ1v) is 11.3. The van der Waals surface area contributed by atoms with Crippen LogP contribution in [0.15, 0.2) is 48.7 Å². The molecule has 0 saturated carbocycles. The van der Waals surface area contributed by atoms with Crippen molar-refractivity contribution in [3.63, 3.8) is 0 Å². The van der Waals surface area contributed by atoms with E-state index in [1.54, 1.807) is 29.3 Å². The molecule has 33 heavy (non-hydrogen) atoms. The van der Waals surface area contributed by atoms with Crippen molar-refractivity contribution >= 4 is 29.0 Å². The Balaban J connectivity index is 1.43. The molecule has 1 saturated heterocycles. The van der Waals surface area contributed by atoms with Gasteiger partial charge in [0.2, 0.25) is 5.82 Å². The highest BCUT2D eigenvalue weighted by molar-refractivity contribution is 6.30. The summed E-state index contributed by atoms with van der Waals surface area (Å²) in [5, 5.41) is 0.638. The smallest absolute Gasteiger partial charge is 0.296 e. The lowest BCUT2D eigenvalue weighted by Gasteiger charge is -2.40. The summed E-state index contributed by atoms with van der Waals surface area (Å²) in [6.07, 6.45) is 3.40. The van der Waals surface area contributed by atoms with Crippen molar-refractivity contribution in [2.24, 2.45) is 0 Å². The quantitative estimate of drug-likeness (QED) is 0.577. The summed E-state index contributed by atoms with van der Waals surface area (Å²) < 4.78 is 5.48. The molecule has 0 aliphatic carbocycles. The van der Waals surface area contributed by atoms with Gasteiger partial charge in [-0.15, -0.1) is 0 Å². The summed E-state index contributed by atoms with van der Waals surface area (Å²) in [6, 6.07) is 12.8. The molecule has 1 fully saturated rings. The summed E-state index contributed by atoms with van der Waals surface area (Å²) in [4.78, 5) is 41.4. The van der Waals surface area contributed by atoms with Gasteiger partial charge in [0.1, 0.15) is 5.41 Å². The first kappa shape index (κ1) is 21.7. The van der Waals surface area contributed by atoms with Crippen molar-refractivity contribution in [1.82, 2.24) is 15.0 Å². The maximum atomic E-state index is 13.3. The average Bonchev–Trinajstić information content (AvgIpc) is 2.79. The molecular formula is C25H23ClN4O3. The molecule has 8 heteroatoms. The third-order valence-electron chi connectivity index (χ3n) is 6.27. The summed E-state index contributed by atoms with van der Waals surface area (Å²) in [7, 11) is 0. The molecule has 7 nitrogen and oxygen atoms in total. The van der Waals surface area contributed by atoms with Gasteiger partial charge in [0.25, 0.3) is 5.91 Å². The molecule has 0 N–H and O–H groups in total. The van der Waals surface area contributed by atoms with E-state index >= 15 is 0 Å². The fraction of sp³-hybridized carbons (Fsp3) is 0.320. The number of rotatable bonds is 5. The standard InChI is InChI=1S/C25H23ClN4O3/c1-16-10-11-27-23(28-16)24(32)30-12-2-3-19-20(30)8-9-21(29-19)25(14-33-15-25)22(31)13-17-4-6-18(26)7-5-17/h4-11H,2-3,12-15H2,1H3. The van der Waals surface area contributed by atoms with E-state index < -0.39 is 5.41 Å². The van der Waals surface area contributed by atoms with E-state index in [0.717, 1.165) is 35.5 Å². The molecule has 0 bridgehead atoms. The summed E-state index contributed by atoms with van der Waals surface area (Å²) in [6.45, 7) is 3.03. The monoisotopic (exact) mass is 462 g/mol. The van der Waals surface area contributed by atoms with Crippen LogP contribution in [0, 0.1) is 6.92 Å². The lowest BCUT2D eigenvalue weighted by atomic mass is 9.75. The predicted molar refractivity (Wildman–Crippen MR) is 124 cm³/mol. The van der Waals surface area contributed by atoms with E-state index in [2.05, 4.69) is 9.97 Å². The molecule has 0 unspecified atom stereocenters. The minimum Gasteiger partial charge on any atom is -0.378 e. The Labute approximate surface area is 196 Å². The fourth-order valence-corrected chi connectivity index (χ4v) is 4.44. The number of Topliss-reactive ketones (excluding diaryl/α,β-unsaturated/α-hetero) is 1. The Kier molecular flexibility index (Phi) is 5.68. The van der Waals surface area contributed by atoms with E-state index in [0.29, 0.717) is 30.5 Å². The van der Waals surface area contributed by atoms with Crippen LogP contribution in [0.25, 0.3) is 0 Å². The summed E-state index contributed by atoms with van der Waals surface area (Å²) in [5.74, 6) is 0.00376. The summed E-state index contributed by atoms with van der Waals surface area (Å²) in [5.41, 5.74) is 3.15. The number of halogens is 1. The first-order chi connectivity index (χ1) is 16.0. The number of aryl methyl sites for hydroxylation is 2. The molecule has 5 rings (SSSR count).